The van der Waals surface area contributed by atoms with Crippen molar-refractivity contribution in [1.29, 1.82) is 0 Å². The first-order chi connectivity index (χ1) is 15.5. The third-order valence-electron chi connectivity index (χ3n) is 4.97. The number of nitrogens with one attached hydrogen (secondary N) is 2. The Morgan fingerprint density at radius 1 is 1.00 bits per heavy atom. The van der Waals surface area contributed by atoms with Crippen molar-refractivity contribution < 1.29 is 8.42 Å². The lowest BCUT2D eigenvalue weighted by molar-refractivity contribution is 0.538. The van der Waals surface area contributed by atoms with Crippen molar-refractivity contribution in [3.63, 3.8) is 0 Å². The number of H-pyrrole nitrogens is 1. The minimum atomic E-state index is -3.78. The van der Waals surface area contributed by atoms with Gasteiger partial charge in [0.25, 0.3) is 0 Å². The lowest BCUT2D eigenvalue weighted by Gasteiger charge is -2.20. The van der Waals surface area contributed by atoms with Crippen LogP contribution in [0.15, 0.2) is 94.7 Å². The topological polar surface area (TPSA) is 79.8 Å². The summed E-state index contributed by atoms with van der Waals surface area (Å²) in [5, 5.41) is 7.25. The maximum absolute atomic E-state index is 13.2. The van der Waals surface area contributed by atoms with E-state index in [1.807, 2.05) is 60.9 Å². The highest BCUT2D eigenvalue weighted by Crippen LogP contribution is 2.24. The molecule has 0 radical (unpaired) electrons. The quantitative estimate of drug-likeness (QED) is 0.275. The standard InChI is InChI=1S/C23H22N4O2S3/c1-31-19-14-12-18(13-15-19)27-22(24-25-23(27)30)21(16-17-8-4-2-5-9-17)26-32(28,29)20-10-6-3-7-11-20/h2-15,21,26H,16H2,1H3,(H,25,30)/t21-/m0/s1. The summed E-state index contributed by atoms with van der Waals surface area (Å²) in [6.07, 6.45) is 2.42. The molecule has 9 heteroatoms. The molecule has 0 bridgehead atoms. The number of aromatic nitrogens is 3. The molecule has 1 heterocycles. The van der Waals surface area contributed by atoms with Gasteiger partial charge in [-0.15, -0.1) is 11.8 Å². The number of sulfonamides is 1. The van der Waals surface area contributed by atoms with E-state index in [1.54, 1.807) is 46.7 Å². The Morgan fingerprint density at radius 2 is 1.62 bits per heavy atom. The molecular formula is C23H22N4O2S3. The van der Waals surface area contributed by atoms with Gasteiger partial charge in [0.1, 0.15) is 0 Å². The Balaban J connectivity index is 1.78. The molecule has 0 unspecified atom stereocenters. The first-order valence-corrected chi connectivity index (χ1v) is 13.0. The van der Waals surface area contributed by atoms with E-state index < -0.39 is 16.1 Å². The molecule has 1 aromatic heterocycles. The van der Waals surface area contributed by atoms with Gasteiger partial charge < -0.3 is 0 Å². The Labute approximate surface area is 196 Å². The Morgan fingerprint density at radius 3 is 2.25 bits per heavy atom. The highest BCUT2D eigenvalue weighted by atomic mass is 32.2. The second kappa shape index (κ2) is 9.83. The normalized spacial score (nSPS) is 12.5. The number of nitrogens with zero attached hydrogens (tertiary/aromatic N) is 2. The minimum Gasteiger partial charge on any atom is -0.271 e. The molecule has 164 valence electrons. The van der Waals surface area contributed by atoms with E-state index in [2.05, 4.69) is 14.9 Å². The van der Waals surface area contributed by atoms with Gasteiger partial charge in [-0.05, 0) is 66.9 Å². The first kappa shape index (κ1) is 22.5. The summed E-state index contributed by atoms with van der Waals surface area (Å²) in [5.41, 5.74) is 1.79. The maximum Gasteiger partial charge on any atom is 0.241 e. The van der Waals surface area contributed by atoms with Gasteiger partial charge in [0.15, 0.2) is 10.6 Å². The molecule has 0 spiro atoms. The molecule has 32 heavy (non-hydrogen) atoms. The predicted octanol–water partition coefficient (Wildman–Crippen LogP) is 4.91. The van der Waals surface area contributed by atoms with Gasteiger partial charge in [0, 0.05) is 10.6 Å². The van der Waals surface area contributed by atoms with Gasteiger partial charge in [-0.1, -0.05) is 48.5 Å². The van der Waals surface area contributed by atoms with Crippen molar-refractivity contribution in [3.05, 3.63) is 101 Å². The molecule has 0 saturated heterocycles. The highest BCUT2D eigenvalue weighted by molar-refractivity contribution is 7.98. The second-order valence-corrected chi connectivity index (χ2v) is 10.1. The Kier molecular flexibility index (Phi) is 6.90. The van der Waals surface area contributed by atoms with Gasteiger partial charge in [-0.25, -0.2) is 13.1 Å². The first-order valence-electron chi connectivity index (χ1n) is 9.91. The number of thioether (sulfide) groups is 1. The van der Waals surface area contributed by atoms with Crippen molar-refractivity contribution >= 4 is 34.0 Å². The zero-order chi connectivity index (χ0) is 22.6. The minimum absolute atomic E-state index is 0.197. The average molecular weight is 483 g/mol. The Bertz CT molecular complexity index is 1330. The van der Waals surface area contributed by atoms with Crippen molar-refractivity contribution in [2.24, 2.45) is 0 Å². The third kappa shape index (κ3) is 5.02. The number of rotatable bonds is 8. The maximum atomic E-state index is 13.2. The van der Waals surface area contributed by atoms with Crippen molar-refractivity contribution in [1.82, 2.24) is 19.5 Å². The molecule has 0 aliphatic heterocycles. The molecule has 6 nitrogen and oxygen atoms in total. The lowest BCUT2D eigenvalue weighted by Crippen LogP contribution is -2.32. The molecule has 0 saturated carbocycles. The molecule has 0 amide bonds. The van der Waals surface area contributed by atoms with Gasteiger partial charge in [0.05, 0.1) is 10.9 Å². The Hall–Kier alpha value is -2.72. The van der Waals surface area contributed by atoms with E-state index >= 15 is 0 Å². The van der Waals surface area contributed by atoms with Gasteiger partial charge in [0.2, 0.25) is 10.0 Å². The molecule has 4 aromatic rings. The van der Waals surface area contributed by atoms with Crippen molar-refractivity contribution in [2.75, 3.05) is 6.26 Å². The summed E-state index contributed by atoms with van der Waals surface area (Å²) >= 11 is 7.14. The number of aromatic amines is 1. The zero-order valence-corrected chi connectivity index (χ0v) is 19.8. The van der Waals surface area contributed by atoms with Crippen LogP contribution in [-0.4, -0.2) is 29.4 Å². The highest BCUT2D eigenvalue weighted by Gasteiger charge is 2.26. The second-order valence-electron chi connectivity index (χ2n) is 7.10. The number of hydrogen-bond acceptors (Lipinski definition) is 5. The summed E-state index contributed by atoms with van der Waals surface area (Å²) in [5.74, 6) is 0.496. The van der Waals surface area contributed by atoms with Crippen LogP contribution in [-0.2, 0) is 16.4 Å². The van der Waals surface area contributed by atoms with Gasteiger partial charge in [-0.3, -0.25) is 9.67 Å². The van der Waals surface area contributed by atoms with Crippen molar-refractivity contribution in [2.45, 2.75) is 22.3 Å². The molecule has 2 N–H and O–H groups in total. The van der Waals surface area contributed by atoms with Gasteiger partial charge in [-0.2, -0.15) is 5.10 Å². The number of benzene rings is 3. The SMILES string of the molecule is CSc1ccc(-n2c([C@H](Cc3ccccc3)NS(=O)(=O)c3ccccc3)n[nH]c2=S)cc1. The van der Waals surface area contributed by atoms with E-state index in [0.29, 0.717) is 17.0 Å². The summed E-state index contributed by atoms with van der Waals surface area (Å²) in [4.78, 5) is 1.32. The predicted molar refractivity (Wildman–Crippen MR) is 130 cm³/mol. The van der Waals surface area contributed by atoms with Gasteiger partial charge >= 0.3 is 0 Å². The largest absolute Gasteiger partial charge is 0.271 e. The molecule has 3 aromatic carbocycles. The monoisotopic (exact) mass is 482 g/mol. The summed E-state index contributed by atoms with van der Waals surface area (Å²) in [6.45, 7) is 0. The van der Waals surface area contributed by atoms with Crippen LogP contribution in [0.4, 0.5) is 0 Å². The zero-order valence-electron chi connectivity index (χ0n) is 17.3. The third-order valence-corrected chi connectivity index (χ3v) is 7.48. The van der Waals surface area contributed by atoms with E-state index in [-0.39, 0.29) is 4.90 Å². The fourth-order valence-electron chi connectivity index (χ4n) is 3.41. The molecule has 4 rings (SSSR count). The summed E-state index contributed by atoms with van der Waals surface area (Å²) in [7, 11) is -3.78. The van der Waals surface area contributed by atoms with Crippen LogP contribution in [0.1, 0.15) is 17.4 Å². The molecular weight excluding hydrogens is 460 g/mol. The molecule has 0 fully saturated rings. The van der Waals surface area contributed by atoms with Crippen LogP contribution in [0.2, 0.25) is 0 Å². The van der Waals surface area contributed by atoms with Crippen LogP contribution < -0.4 is 4.72 Å². The van der Waals surface area contributed by atoms with E-state index in [1.165, 1.54) is 0 Å². The van der Waals surface area contributed by atoms with Crippen LogP contribution >= 0.6 is 24.0 Å². The van der Waals surface area contributed by atoms with E-state index in [4.69, 9.17) is 12.2 Å². The van der Waals surface area contributed by atoms with Crippen LogP contribution in [0, 0.1) is 4.77 Å². The molecule has 1 atom stereocenters. The fourth-order valence-corrected chi connectivity index (χ4v) is 5.28. The molecule has 0 aliphatic carbocycles. The smallest absolute Gasteiger partial charge is 0.241 e. The van der Waals surface area contributed by atoms with Crippen LogP contribution in [0.3, 0.4) is 0 Å². The van der Waals surface area contributed by atoms with E-state index in [0.717, 1.165) is 16.1 Å². The molecule has 0 aliphatic rings. The van der Waals surface area contributed by atoms with Crippen LogP contribution in [0.25, 0.3) is 5.69 Å². The average Bonchev–Trinajstić information content (AvgIpc) is 3.21. The lowest BCUT2D eigenvalue weighted by atomic mass is 10.1. The van der Waals surface area contributed by atoms with E-state index in [9.17, 15) is 8.42 Å². The summed E-state index contributed by atoms with van der Waals surface area (Å²) in [6, 6.07) is 25.3. The fraction of sp³-hybridized carbons (Fsp3) is 0.130. The van der Waals surface area contributed by atoms with Crippen molar-refractivity contribution in [3.8, 4) is 5.69 Å². The summed E-state index contributed by atoms with van der Waals surface area (Å²) < 4.78 is 31.3. The van der Waals surface area contributed by atoms with Crippen LogP contribution in [0.5, 0.6) is 0 Å². The number of hydrogen-bond donors (Lipinski definition) is 2.